The molecule has 0 spiro atoms. The van der Waals surface area contributed by atoms with Gasteiger partial charge in [0.2, 0.25) is 0 Å². The zero-order valence-electron chi connectivity index (χ0n) is 10.5. The van der Waals surface area contributed by atoms with Gasteiger partial charge in [-0.05, 0) is 24.3 Å². The minimum atomic E-state index is -0.236. The fraction of sp³-hybridized carbons (Fsp3) is 0.133. The smallest absolute Gasteiger partial charge is 0.274 e. The summed E-state index contributed by atoms with van der Waals surface area (Å²) in [5, 5.41) is 3.18. The van der Waals surface area contributed by atoms with Crippen molar-refractivity contribution in [3.63, 3.8) is 0 Å². The Morgan fingerprint density at radius 3 is 2.26 bits per heavy atom. The van der Waals surface area contributed by atoms with Crippen molar-refractivity contribution in [2.75, 3.05) is 18.5 Å². The molecule has 0 aromatic heterocycles. The molecule has 0 fully saturated rings. The standard InChI is InChI=1S/C15H16N2O2/c18-15(13-7-3-1-4-8-13)17-19-12-11-16-14-9-5-2-6-10-14/h1-10,16H,11-12H2,(H,17,18). The van der Waals surface area contributed by atoms with E-state index >= 15 is 0 Å². The lowest BCUT2D eigenvalue weighted by Crippen LogP contribution is -2.26. The van der Waals surface area contributed by atoms with E-state index in [2.05, 4.69) is 10.8 Å². The van der Waals surface area contributed by atoms with Gasteiger partial charge in [0.15, 0.2) is 0 Å². The van der Waals surface area contributed by atoms with E-state index in [1.54, 1.807) is 12.1 Å². The van der Waals surface area contributed by atoms with E-state index < -0.39 is 0 Å². The molecule has 4 nitrogen and oxygen atoms in total. The molecule has 98 valence electrons. The van der Waals surface area contributed by atoms with Crippen LogP contribution in [0.15, 0.2) is 60.7 Å². The highest BCUT2D eigenvalue weighted by Crippen LogP contribution is 2.03. The van der Waals surface area contributed by atoms with Gasteiger partial charge in [-0.1, -0.05) is 36.4 Å². The van der Waals surface area contributed by atoms with E-state index in [0.717, 1.165) is 5.69 Å². The summed E-state index contributed by atoms with van der Waals surface area (Å²) in [6.45, 7) is 1.02. The number of rotatable bonds is 6. The van der Waals surface area contributed by atoms with Gasteiger partial charge in [-0.25, -0.2) is 5.48 Å². The van der Waals surface area contributed by atoms with Crippen molar-refractivity contribution >= 4 is 11.6 Å². The molecule has 0 bridgehead atoms. The van der Waals surface area contributed by atoms with E-state index in [1.165, 1.54) is 0 Å². The molecule has 0 radical (unpaired) electrons. The van der Waals surface area contributed by atoms with E-state index in [0.29, 0.717) is 18.7 Å². The summed E-state index contributed by atoms with van der Waals surface area (Å²) < 4.78 is 0. The number of para-hydroxylation sites is 1. The Hall–Kier alpha value is -2.33. The summed E-state index contributed by atoms with van der Waals surface area (Å²) in [5.41, 5.74) is 4.02. The second-order valence-electron chi connectivity index (χ2n) is 3.94. The van der Waals surface area contributed by atoms with Crippen LogP contribution in [-0.2, 0) is 4.84 Å². The lowest BCUT2D eigenvalue weighted by atomic mass is 10.2. The van der Waals surface area contributed by atoms with Crippen LogP contribution in [0.2, 0.25) is 0 Å². The molecular formula is C15H16N2O2. The molecule has 0 unspecified atom stereocenters. The summed E-state index contributed by atoms with van der Waals surface area (Å²) in [6.07, 6.45) is 0. The average Bonchev–Trinajstić information content (AvgIpc) is 2.49. The van der Waals surface area contributed by atoms with Gasteiger partial charge in [-0.2, -0.15) is 0 Å². The number of carbonyl (C=O) groups excluding carboxylic acids is 1. The third kappa shape index (κ3) is 4.44. The zero-order valence-corrected chi connectivity index (χ0v) is 10.5. The summed E-state index contributed by atoms with van der Waals surface area (Å²) in [4.78, 5) is 16.7. The first-order valence-electron chi connectivity index (χ1n) is 6.12. The zero-order chi connectivity index (χ0) is 13.3. The van der Waals surface area contributed by atoms with Gasteiger partial charge < -0.3 is 5.32 Å². The number of hydrogen-bond acceptors (Lipinski definition) is 3. The van der Waals surface area contributed by atoms with Gasteiger partial charge >= 0.3 is 0 Å². The van der Waals surface area contributed by atoms with E-state index in [1.807, 2.05) is 48.5 Å². The summed E-state index contributed by atoms with van der Waals surface area (Å²) in [6, 6.07) is 18.8. The van der Waals surface area contributed by atoms with Crippen LogP contribution in [-0.4, -0.2) is 19.1 Å². The molecule has 0 aliphatic rings. The number of hydrogen-bond donors (Lipinski definition) is 2. The second-order valence-corrected chi connectivity index (χ2v) is 3.94. The molecule has 4 heteroatoms. The van der Waals surface area contributed by atoms with Crippen LogP contribution in [0.3, 0.4) is 0 Å². The highest BCUT2D eigenvalue weighted by molar-refractivity contribution is 5.93. The van der Waals surface area contributed by atoms with E-state index in [4.69, 9.17) is 4.84 Å². The number of benzene rings is 2. The van der Waals surface area contributed by atoms with Crippen LogP contribution in [0.25, 0.3) is 0 Å². The predicted octanol–water partition coefficient (Wildman–Crippen LogP) is 2.46. The van der Waals surface area contributed by atoms with Crippen molar-refractivity contribution in [1.29, 1.82) is 0 Å². The van der Waals surface area contributed by atoms with Crippen molar-refractivity contribution in [2.45, 2.75) is 0 Å². The first-order chi connectivity index (χ1) is 9.36. The Kier molecular flexibility index (Phi) is 4.96. The SMILES string of the molecule is O=C(NOCCNc1ccccc1)c1ccccc1. The van der Waals surface area contributed by atoms with Crippen LogP contribution in [0, 0.1) is 0 Å². The maximum absolute atomic E-state index is 11.6. The molecule has 2 N–H and O–H groups in total. The third-order valence-corrected chi connectivity index (χ3v) is 2.51. The molecule has 0 aliphatic heterocycles. The number of anilines is 1. The molecule has 0 aliphatic carbocycles. The number of amides is 1. The molecule has 1 amide bonds. The van der Waals surface area contributed by atoms with Gasteiger partial charge in [-0.15, -0.1) is 0 Å². The molecule has 0 saturated carbocycles. The minimum absolute atomic E-state index is 0.236. The number of hydroxylamine groups is 1. The fourth-order valence-electron chi connectivity index (χ4n) is 1.57. The monoisotopic (exact) mass is 256 g/mol. The normalized spacial score (nSPS) is 9.89. The Morgan fingerprint density at radius 1 is 0.947 bits per heavy atom. The molecule has 19 heavy (non-hydrogen) atoms. The summed E-state index contributed by atoms with van der Waals surface area (Å²) in [5.74, 6) is -0.236. The highest BCUT2D eigenvalue weighted by atomic mass is 16.6. The largest absolute Gasteiger partial charge is 0.383 e. The Morgan fingerprint density at radius 2 is 1.58 bits per heavy atom. The van der Waals surface area contributed by atoms with Crippen molar-refractivity contribution in [2.24, 2.45) is 0 Å². The molecule has 2 aromatic carbocycles. The maximum atomic E-state index is 11.6. The Balaban J connectivity index is 1.63. The molecule has 0 heterocycles. The van der Waals surface area contributed by atoms with E-state index in [9.17, 15) is 4.79 Å². The summed E-state index contributed by atoms with van der Waals surface area (Å²) in [7, 11) is 0. The van der Waals surface area contributed by atoms with Gasteiger partial charge in [-0.3, -0.25) is 9.63 Å². The second kappa shape index (κ2) is 7.18. The highest BCUT2D eigenvalue weighted by Gasteiger charge is 2.02. The number of nitrogens with one attached hydrogen (secondary N) is 2. The molecule has 0 atom stereocenters. The summed E-state index contributed by atoms with van der Waals surface area (Å²) >= 11 is 0. The van der Waals surface area contributed by atoms with E-state index in [-0.39, 0.29) is 5.91 Å². The molecular weight excluding hydrogens is 240 g/mol. The molecule has 2 rings (SSSR count). The van der Waals surface area contributed by atoms with Crippen LogP contribution < -0.4 is 10.8 Å². The van der Waals surface area contributed by atoms with Crippen LogP contribution in [0.1, 0.15) is 10.4 Å². The quantitative estimate of drug-likeness (QED) is 0.616. The van der Waals surface area contributed by atoms with Gasteiger partial charge in [0.1, 0.15) is 0 Å². The van der Waals surface area contributed by atoms with Crippen LogP contribution in [0.5, 0.6) is 0 Å². The minimum Gasteiger partial charge on any atom is -0.383 e. The van der Waals surface area contributed by atoms with Crippen LogP contribution in [0.4, 0.5) is 5.69 Å². The first kappa shape index (κ1) is 13.1. The molecule has 0 saturated heterocycles. The molecule has 2 aromatic rings. The Labute approximate surface area is 112 Å². The van der Waals surface area contributed by atoms with Gasteiger partial charge in [0, 0.05) is 17.8 Å². The maximum Gasteiger partial charge on any atom is 0.274 e. The predicted molar refractivity (Wildman–Crippen MR) is 74.8 cm³/mol. The van der Waals surface area contributed by atoms with Crippen molar-refractivity contribution < 1.29 is 9.63 Å². The van der Waals surface area contributed by atoms with Gasteiger partial charge in [0.25, 0.3) is 5.91 Å². The number of carbonyl (C=O) groups is 1. The van der Waals surface area contributed by atoms with Crippen molar-refractivity contribution in [3.05, 3.63) is 66.2 Å². The van der Waals surface area contributed by atoms with Crippen molar-refractivity contribution in [1.82, 2.24) is 5.48 Å². The third-order valence-electron chi connectivity index (χ3n) is 2.51. The lowest BCUT2D eigenvalue weighted by Gasteiger charge is -2.07. The van der Waals surface area contributed by atoms with Crippen molar-refractivity contribution in [3.8, 4) is 0 Å². The fourth-order valence-corrected chi connectivity index (χ4v) is 1.57. The van der Waals surface area contributed by atoms with Crippen LogP contribution >= 0.6 is 0 Å². The topological polar surface area (TPSA) is 50.4 Å². The lowest BCUT2D eigenvalue weighted by molar-refractivity contribution is 0.0352. The Bertz CT molecular complexity index is 500. The average molecular weight is 256 g/mol. The first-order valence-corrected chi connectivity index (χ1v) is 6.12. The van der Waals surface area contributed by atoms with Gasteiger partial charge in [0.05, 0.1) is 6.61 Å².